The van der Waals surface area contributed by atoms with E-state index in [9.17, 15) is 9.59 Å². The average molecular weight is 334 g/mol. The summed E-state index contributed by atoms with van der Waals surface area (Å²) in [4.78, 5) is 22.3. The number of hydrogen-bond acceptors (Lipinski definition) is 5. The number of nitrogens with zero attached hydrogens (tertiary/aromatic N) is 2. The average Bonchev–Trinajstić information content (AvgIpc) is 2.96. The van der Waals surface area contributed by atoms with Crippen LogP contribution in [0.5, 0.6) is 0 Å². The highest BCUT2D eigenvalue weighted by atomic mass is 16.6. The van der Waals surface area contributed by atoms with E-state index in [0.717, 1.165) is 5.56 Å². The Kier molecular flexibility index (Phi) is 5.18. The number of nitrogens with one attached hydrogen (secondary N) is 1. The summed E-state index contributed by atoms with van der Waals surface area (Å²) in [6, 6.07) is 4.94. The molecule has 0 aromatic carbocycles. The molecule has 0 aliphatic heterocycles. The van der Waals surface area contributed by atoms with Crippen LogP contribution in [0, 0.1) is 0 Å². The molecule has 24 heavy (non-hydrogen) atoms. The number of hydrogen-bond donors (Lipinski definition) is 2. The van der Waals surface area contributed by atoms with Gasteiger partial charge in [0.2, 0.25) is 5.76 Å². The summed E-state index contributed by atoms with van der Waals surface area (Å²) in [6.45, 7) is 6.41. The lowest BCUT2D eigenvalue weighted by atomic mass is 10.2. The van der Waals surface area contributed by atoms with Crippen molar-refractivity contribution in [2.24, 2.45) is 0 Å². The monoisotopic (exact) mass is 334 g/mol. The second-order valence-electron chi connectivity index (χ2n) is 6.13. The van der Waals surface area contributed by atoms with Crippen molar-refractivity contribution in [1.82, 2.24) is 10.5 Å². The van der Waals surface area contributed by atoms with Crippen molar-refractivity contribution in [3.8, 4) is 11.3 Å². The standard InChI is InChI=1S/C16H19N3O5/c1-16(2,3)23-15(22)17-6-9-19-7-4-11(5-8-19)12-10-13(14(20)21)24-18-12/h4-5,7-8,10H,6,9H2,1-3H3,(H-,17,20,21,22)/p+1. The van der Waals surface area contributed by atoms with Gasteiger partial charge in [0.25, 0.3) is 0 Å². The normalized spacial score (nSPS) is 11.1. The predicted molar refractivity (Wildman–Crippen MR) is 83.3 cm³/mol. The van der Waals surface area contributed by atoms with Gasteiger partial charge in [0, 0.05) is 23.8 Å². The van der Waals surface area contributed by atoms with E-state index in [-0.39, 0.29) is 5.76 Å². The molecule has 2 heterocycles. The molecule has 0 radical (unpaired) electrons. The van der Waals surface area contributed by atoms with Gasteiger partial charge < -0.3 is 19.7 Å². The fourth-order valence-corrected chi connectivity index (χ4v) is 1.89. The number of alkyl carbamates (subject to hydrolysis) is 1. The molecule has 128 valence electrons. The zero-order valence-electron chi connectivity index (χ0n) is 13.8. The number of pyridine rings is 1. The summed E-state index contributed by atoms with van der Waals surface area (Å²) in [5.74, 6) is -1.36. The van der Waals surface area contributed by atoms with E-state index < -0.39 is 17.7 Å². The Labute approximate surface area is 139 Å². The van der Waals surface area contributed by atoms with E-state index in [0.29, 0.717) is 18.8 Å². The van der Waals surface area contributed by atoms with E-state index in [1.807, 2.05) is 4.57 Å². The third-order valence-corrected chi connectivity index (χ3v) is 2.95. The number of carbonyl (C=O) groups is 2. The van der Waals surface area contributed by atoms with Crippen molar-refractivity contribution < 1.29 is 28.5 Å². The van der Waals surface area contributed by atoms with Crippen molar-refractivity contribution in [1.29, 1.82) is 0 Å². The third-order valence-electron chi connectivity index (χ3n) is 2.95. The summed E-state index contributed by atoms with van der Waals surface area (Å²) in [7, 11) is 0. The third kappa shape index (κ3) is 5.08. The topological polar surface area (TPSA) is 106 Å². The predicted octanol–water partition coefficient (Wildman–Crippen LogP) is 1.85. The van der Waals surface area contributed by atoms with Crippen molar-refractivity contribution in [2.75, 3.05) is 6.54 Å². The van der Waals surface area contributed by atoms with Crippen molar-refractivity contribution in [3.05, 3.63) is 36.4 Å². The Morgan fingerprint density at radius 1 is 1.33 bits per heavy atom. The summed E-state index contributed by atoms with van der Waals surface area (Å²) in [5.41, 5.74) is 0.666. The molecular weight excluding hydrogens is 314 g/mol. The molecular formula is C16H20N3O5+. The number of carboxylic acids is 1. The molecule has 2 aromatic heterocycles. The molecule has 2 rings (SSSR count). The van der Waals surface area contributed by atoms with Crippen LogP contribution in [0.25, 0.3) is 11.3 Å². The van der Waals surface area contributed by atoms with E-state index in [2.05, 4.69) is 10.5 Å². The largest absolute Gasteiger partial charge is 0.475 e. The van der Waals surface area contributed by atoms with Crippen LogP contribution in [0.2, 0.25) is 0 Å². The molecule has 1 amide bonds. The van der Waals surface area contributed by atoms with Gasteiger partial charge in [-0.25, -0.2) is 14.2 Å². The van der Waals surface area contributed by atoms with Gasteiger partial charge in [0.05, 0.1) is 6.54 Å². The Morgan fingerprint density at radius 2 is 2.00 bits per heavy atom. The molecule has 0 fully saturated rings. The van der Waals surface area contributed by atoms with Gasteiger partial charge in [-0.2, -0.15) is 0 Å². The molecule has 0 bridgehead atoms. The Hall–Kier alpha value is -2.90. The first-order valence-corrected chi connectivity index (χ1v) is 7.41. The van der Waals surface area contributed by atoms with Crippen molar-refractivity contribution >= 4 is 12.1 Å². The fourth-order valence-electron chi connectivity index (χ4n) is 1.89. The second kappa shape index (κ2) is 7.12. The summed E-state index contributed by atoms with van der Waals surface area (Å²) < 4.78 is 11.7. The lowest BCUT2D eigenvalue weighted by Crippen LogP contribution is -2.41. The maximum Gasteiger partial charge on any atom is 0.407 e. The first kappa shape index (κ1) is 17.5. The quantitative estimate of drug-likeness (QED) is 0.809. The number of carbonyl (C=O) groups excluding carboxylic acids is 1. The van der Waals surface area contributed by atoms with Gasteiger partial charge >= 0.3 is 12.1 Å². The minimum Gasteiger partial charge on any atom is -0.475 e. The lowest BCUT2D eigenvalue weighted by Gasteiger charge is -2.19. The number of aromatic carboxylic acids is 1. The van der Waals surface area contributed by atoms with Gasteiger partial charge in [0.1, 0.15) is 11.3 Å². The van der Waals surface area contributed by atoms with E-state index >= 15 is 0 Å². The minimum absolute atomic E-state index is 0.205. The fraction of sp³-hybridized carbons (Fsp3) is 0.375. The van der Waals surface area contributed by atoms with E-state index in [1.165, 1.54) is 6.07 Å². The minimum atomic E-state index is -1.16. The number of amides is 1. The van der Waals surface area contributed by atoms with Crippen LogP contribution in [0.1, 0.15) is 31.3 Å². The Bertz CT molecular complexity index is 716. The molecule has 2 N–H and O–H groups in total. The highest BCUT2D eigenvalue weighted by molar-refractivity contribution is 5.85. The number of aromatic nitrogens is 2. The van der Waals surface area contributed by atoms with Crippen LogP contribution in [-0.2, 0) is 11.3 Å². The van der Waals surface area contributed by atoms with Crippen LogP contribution in [0.3, 0.4) is 0 Å². The van der Waals surface area contributed by atoms with Crippen LogP contribution in [-0.4, -0.2) is 34.5 Å². The summed E-state index contributed by atoms with van der Waals surface area (Å²) in [5, 5.41) is 15.2. The van der Waals surface area contributed by atoms with Gasteiger partial charge in [-0.05, 0) is 20.8 Å². The van der Waals surface area contributed by atoms with E-state index in [1.54, 1.807) is 45.3 Å². The SMILES string of the molecule is CC(C)(C)OC(=O)NCC[n+]1ccc(-c2cc(C(=O)O)on2)cc1. The first-order valence-electron chi connectivity index (χ1n) is 7.41. The zero-order valence-corrected chi connectivity index (χ0v) is 13.8. The molecule has 0 atom stereocenters. The molecule has 0 unspecified atom stereocenters. The smallest absolute Gasteiger partial charge is 0.407 e. The molecule has 0 saturated carbocycles. The van der Waals surface area contributed by atoms with Crippen LogP contribution in [0.15, 0.2) is 35.1 Å². The second-order valence-corrected chi connectivity index (χ2v) is 6.13. The van der Waals surface area contributed by atoms with Gasteiger partial charge in [-0.3, -0.25) is 0 Å². The van der Waals surface area contributed by atoms with Crippen molar-refractivity contribution in [2.45, 2.75) is 32.9 Å². The number of ether oxygens (including phenoxy) is 1. The summed E-state index contributed by atoms with van der Waals surface area (Å²) in [6.07, 6.45) is 3.16. The zero-order chi connectivity index (χ0) is 17.7. The maximum atomic E-state index is 11.5. The molecule has 0 aliphatic carbocycles. The molecule has 0 saturated heterocycles. The molecule has 0 aliphatic rings. The van der Waals surface area contributed by atoms with E-state index in [4.69, 9.17) is 14.4 Å². The number of rotatable bonds is 5. The van der Waals surface area contributed by atoms with Gasteiger partial charge in [0.15, 0.2) is 18.9 Å². The molecule has 0 spiro atoms. The Balaban J connectivity index is 1.88. The van der Waals surface area contributed by atoms with Crippen molar-refractivity contribution in [3.63, 3.8) is 0 Å². The molecule has 2 aromatic rings. The summed E-state index contributed by atoms with van der Waals surface area (Å²) >= 11 is 0. The first-order chi connectivity index (χ1) is 11.2. The number of carboxylic acid groups (broad SMARTS) is 1. The molecule has 8 heteroatoms. The van der Waals surface area contributed by atoms with Crippen LogP contribution in [0.4, 0.5) is 4.79 Å². The van der Waals surface area contributed by atoms with Gasteiger partial charge in [-0.1, -0.05) is 5.16 Å². The Morgan fingerprint density at radius 3 is 2.54 bits per heavy atom. The highest BCUT2D eigenvalue weighted by Gasteiger charge is 2.16. The highest BCUT2D eigenvalue weighted by Crippen LogP contribution is 2.17. The van der Waals surface area contributed by atoms with Crippen LogP contribution < -0.4 is 9.88 Å². The molecule has 8 nitrogen and oxygen atoms in total. The van der Waals surface area contributed by atoms with Gasteiger partial charge in [-0.15, -0.1) is 0 Å². The van der Waals surface area contributed by atoms with Crippen LogP contribution >= 0.6 is 0 Å². The maximum absolute atomic E-state index is 11.5. The lowest BCUT2D eigenvalue weighted by molar-refractivity contribution is -0.694.